The Hall–Kier alpha value is -1.85. The SMILES string of the molecule is NC(=O)C1CCN(CCc2ccc(NCc3ccsc3)cc2)CC1. The van der Waals surface area contributed by atoms with Gasteiger partial charge in [-0.05, 0) is 72.4 Å². The molecular weight excluding hydrogens is 318 g/mol. The topological polar surface area (TPSA) is 58.4 Å². The number of benzene rings is 1. The van der Waals surface area contributed by atoms with Gasteiger partial charge in [-0.15, -0.1) is 0 Å². The first-order chi connectivity index (χ1) is 11.7. The molecule has 4 nitrogen and oxygen atoms in total. The number of anilines is 1. The van der Waals surface area contributed by atoms with E-state index in [4.69, 9.17) is 5.73 Å². The lowest BCUT2D eigenvalue weighted by atomic mass is 9.96. The molecule has 1 saturated heterocycles. The number of nitrogens with one attached hydrogen (secondary N) is 1. The summed E-state index contributed by atoms with van der Waals surface area (Å²) in [6, 6.07) is 10.9. The maximum absolute atomic E-state index is 11.2. The zero-order chi connectivity index (χ0) is 16.8. The number of nitrogens with zero attached hydrogens (tertiary/aromatic N) is 1. The van der Waals surface area contributed by atoms with Gasteiger partial charge in [-0.25, -0.2) is 0 Å². The third kappa shape index (κ3) is 4.82. The average molecular weight is 343 g/mol. The van der Waals surface area contributed by atoms with Crippen LogP contribution in [-0.2, 0) is 17.8 Å². The summed E-state index contributed by atoms with van der Waals surface area (Å²) in [6.45, 7) is 3.88. The number of piperidine rings is 1. The molecule has 2 aromatic rings. The van der Waals surface area contributed by atoms with Crippen molar-refractivity contribution in [2.75, 3.05) is 25.0 Å². The van der Waals surface area contributed by atoms with Crippen molar-refractivity contribution in [3.63, 3.8) is 0 Å². The van der Waals surface area contributed by atoms with Gasteiger partial charge < -0.3 is 16.0 Å². The van der Waals surface area contributed by atoms with Crippen LogP contribution in [0.2, 0.25) is 0 Å². The first kappa shape index (κ1) is 17.0. The smallest absolute Gasteiger partial charge is 0.220 e. The predicted molar refractivity (Wildman–Crippen MR) is 100 cm³/mol. The fourth-order valence-corrected chi connectivity index (χ4v) is 3.78. The van der Waals surface area contributed by atoms with E-state index in [2.05, 4.69) is 51.3 Å². The second kappa shape index (κ2) is 8.31. The van der Waals surface area contributed by atoms with E-state index in [1.165, 1.54) is 11.1 Å². The normalized spacial score (nSPS) is 16.2. The number of carbonyl (C=O) groups is 1. The molecule has 128 valence electrons. The molecule has 0 bridgehead atoms. The van der Waals surface area contributed by atoms with E-state index in [1.807, 2.05) is 0 Å². The van der Waals surface area contributed by atoms with Gasteiger partial charge in [-0.3, -0.25) is 4.79 Å². The van der Waals surface area contributed by atoms with Gasteiger partial charge >= 0.3 is 0 Å². The standard InChI is InChI=1S/C19H25N3OS/c20-19(23)17-6-10-22(11-7-17)9-5-15-1-3-18(4-2-15)21-13-16-8-12-24-14-16/h1-4,8,12,14,17,21H,5-7,9-11,13H2,(H2,20,23). The molecule has 2 heterocycles. The molecule has 0 unspecified atom stereocenters. The van der Waals surface area contributed by atoms with E-state index in [9.17, 15) is 4.79 Å². The third-order valence-electron chi connectivity index (χ3n) is 4.74. The van der Waals surface area contributed by atoms with Crippen molar-refractivity contribution in [3.8, 4) is 0 Å². The molecule has 0 radical (unpaired) electrons. The van der Waals surface area contributed by atoms with E-state index >= 15 is 0 Å². The lowest BCUT2D eigenvalue weighted by Gasteiger charge is -2.30. The highest BCUT2D eigenvalue weighted by molar-refractivity contribution is 7.07. The predicted octanol–water partition coefficient (Wildman–Crippen LogP) is 3.10. The molecule has 0 saturated carbocycles. The minimum atomic E-state index is -0.139. The van der Waals surface area contributed by atoms with Gasteiger partial charge in [0.25, 0.3) is 0 Å². The number of amides is 1. The minimum Gasteiger partial charge on any atom is -0.381 e. The number of nitrogens with two attached hydrogens (primary N) is 1. The lowest BCUT2D eigenvalue weighted by Crippen LogP contribution is -2.39. The van der Waals surface area contributed by atoms with E-state index in [0.29, 0.717) is 0 Å². The Kier molecular flexibility index (Phi) is 5.88. The van der Waals surface area contributed by atoms with Crippen LogP contribution in [0.1, 0.15) is 24.0 Å². The van der Waals surface area contributed by atoms with E-state index in [0.717, 1.165) is 51.1 Å². The Bertz CT molecular complexity index is 631. The fourth-order valence-electron chi connectivity index (χ4n) is 3.11. The molecule has 3 N–H and O–H groups in total. The largest absolute Gasteiger partial charge is 0.381 e. The average Bonchev–Trinajstić information content (AvgIpc) is 3.13. The second-order valence-corrected chi connectivity index (χ2v) is 7.23. The van der Waals surface area contributed by atoms with Crippen LogP contribution in [0.3, 0.4) is 0 Å². The van der Waals surface area contributed by atoms with Gasteiger partial charge in [0.2, 0.25) is 5.91 Å². The Labute approximate surface area is 147 Å². The Morgan fingerprint density at radius 1 is 1.17 bits per heavy atom. The number of thiophene rings is 1. The van der Waals surface area contributed by atoms with Crippen molar-refractivity contribution < 1.29 is 4.79 Å². The maximum Gasteiger partial charge on any atom is 0.220 e. The lowest BCUT2D eigenvalue weighted by molar-refractivity contribution is -0.123. The summed E-state index contributed by atoms with van der Waals surface area (Å²) in [5.74, 6) is -0.0602. The van der Waals surface area contributed by atoms with Crippen molar-refractivity contribution in [3.05, 3.63) is 52.2 Å². The summed E-state index contributed by atoms with van der Waals surface area (Å²) in [5.41, 5.74) is 9.22. The summed E-state index contributed by atoms with van der Waals surface area (Å²) in [6.07, 6.45) is 2.85. The Morgan fingerprint density at radius 2 is 1.92 bits per heavy atom. The second-order valence-electron chi connectivity index (χ2n) is 6.45. The molecule has 1 aliphatic heterocycles. The first-order valence-corrected chi connectivity index (χ1v) is 9.50. The van der Waals surface area contributed by atoms with Gasteiger partial charge in [-0.2, -0.15) is 11.3 Å². The number of likely N-dealkylation sites (tertiary alicyclic amines) is 1. The highest BCUT2D eigenvalue weighted by Crippen LogP contribution is 2.18. The van der Waals surface area contributed by atoms with E-state index in [1.54, 1.807) is 11.3 Å². The molecule has 1 amide bonds. The van der Waals surface area contributed by atoms with Crippen LogP contribution in [0.5, 0.6) is 0 Å². The van der Waals surface area contributed by atoms with Crippen molar-refractivity contribution in [1.82, 2.24) is 4.90 Å². The molecule has 24 heavy (non-hydrogen) atoms. The number of rotatable bonds is 7. The van der Waals surface area contributed by atoms with Crippen LogP contribution in [0.4, 0.5) is 5.69 Å². The highest BCUT2D eigenvalue weighted by atomic mass is 32.1. The van der Waals surface area contributed by atoms with Crippen molar-refractivity contribution in [1.29, 1.82) is 0 Å². The molecule has 3 rings (SSSR count). The van der Waals surface area contributed by atoms with Crippen LogP contribution >= 0.6 is 11.3 Å². The first-order valence-electron chi connectivity index (χ1n) is 8.56. The Balaban J connectivity index is 1.41. The van der Waals surface area contributed by atoms with E-state index in [-0.39, 0.29) is 11.8 Å². The van der Waals surface area contributed by atoms with E-state index < -0.39 is 0 Å². The molecule has 0 spiro atoms. The van der Waals surface area contributed by atoms with Gasteiger partial charge in [-0.1, -0.05) is 12.1 Å². The van der Waals surface area contributed by atoms with Crippen LogP contribution in [0.15, 0.2) is 41.1 Å². The maximum atomic E-state index is 11.2. The number of primary amides is 1. The Morgan fingerprint density at radius 3 is 2.54 bits per heavy atom. The minimum absolute atomic E-state index is 0.0786. The van der Waals surface area contributed by atoms with Crippen LogP contribution in [0.25, 0.3) is 0 Å². The van der Waals surface area contributed by atoms with Crippen molar-refractivity contribution >= 4 is 22.9 Å². The summed E-state index contributed by atoms with van der Waals surface area (Å²) in [4.78, 5) is 13.6. The number of hydrogen-bond donors (Lipinski definition) is 2. The van der Waals surface area contributed by atoms with Gasteiger partial charge in [0.15, 0.2) is 0 Å². The van der Waals surface area contributed by atoms with Crippen LogP contribution < -0.4 is 11.1 Å². The summed E-state index contributed by atoms with van der Waals surface area (Å²) in [5, 5.41) is 7.72. The molecule has 1 aromatic carbocycles. The van der Waals surface area contributed by atoms with Gasteiger partial charge in [0.05, 0.1) is 0 Å². The summed E-state index contributed by atoms with van der Waals surface area (Å²) in [7, 11) is 0. The molecule has 5 heteroatoms. The molecule has 1 aliphatic rings. The summed E-state index contributed by atoms with van der Waals surface area (Å²) >= 11 is 1.73. The van der Waals surface area contributed by atoms with Crippen LogP contribution in [0, 0.1) is 5.92 Å². The fraction of sp³-hybridized carbons (Fsp3) is 0.421. The molecule has 0 aliphatic carbocycles. The van der Waals surface area contributed by atoms with Crippen LogP contribution in [-0.4, -0.2) is 30.4 Å². The van der Waals surface area contributed by atoms with Crippen molar-refractivity contribution in [2.24, 2.45) is 11.7 Å². The summed E-state index contributed by atoms with van der Waals surface area (Å²) < 4.78 is 0. The molecule has 1 fully saturated rings. The zero-order valence-corrected chi connectivity index (χ0v) is 14.7. The molecule has 1 aromatic heterocycles. The van der Waals surface area contributed by atoms with Crippen molar-refractivity contribution in [2.45, 2.75) is 25.8 Å². The highest BCUT2D eigenvalue weighted by Gasteiger charge is 2.22. The quantitative estimate of drug-likeness (QED) is 0.812. The number of carbonyl (C=O) groups excluding carboxylic acids is 1. The third-order valence-corrected chi connectivity index (χ3v) is 5.47. The molecule has 0 atom stereocenters. The zero-order valence-electron chi connectivity index (χ0n) is 13.9. The number of hydrogen-bond acceptors (Lipinski definition) is 4. The van der Waals surface area contributed by atoms with Gasteiger partial charge in [0.1, 0.15) is 0 Å². The monoisotopic (exact) mass is 343 g/mol. The molecular formula is C19H25N3OS. The van der Waals surface area contributed by atoms with Gasteiger partial charge in [0, 0.05) is 24.7 Å².